The number of aryl methyl sites for hydroxylation is 1. The predicted molar refractivity (Wildman–Crippen MR) is 101 cm³/mol. The normalized spacial score (nSPS) is 10.4. The molecular weight excluding hydrogens is 338 g/mol. The molecule has 1 aromatic heterocycles. The first-order valence-corrected chi connectivity index (χ1v) is 9.35. The van der Waals surface area contributed by atoms with Gasteiger partial charge in [0.05, 0.1) is 19.8 Å². The van der Waals surface area contributed by atoms with E-state index in [-0.39, 0.29) is 6.03 Å². The van der Waals surface area contributed by atoms with Crippen LogP contribution in [0.1, 0.15) is 37.4 Å². The number of carbonyl (C=O) groups is 1. The summed E-state index contributed by atoms with van der Waals surface area (Å²) in [6, 6.07) is 5.13. The van der Waals surface area contributed by atoms with Crippen LogP contribution < -0.4 is 20.1 Å². The van der Waals surface area contributed by atoms with Gasteiger partial charge in [0.1, 0.15) is 5.01 Å². The van der Waals surface area contributed by atoms with Crippen LogP contribution in [-0.2, 0) is 6.54 Å². The summed E-state index contributed by atoms with van der Waals surface area (Å²) in [7, 11) is 0. The molecule has 2 aromatic rings. The monoisotopic (exact) mass is 363 g/mol. The van der Waals surface area contributed by atoms with Crippen molar-refractivity contribution < 1.29 is 14.3 Å². The van der Waals surface area contributed by atoms with Crippen molar-refractivity contribution in [1.29, 1.82) is 0 Å². The molecule has 1 heterocycles. The van der Waals surface area contributed by atoms with Crippen molar-refractivity contribution in [2.75, 3.05) is 18.5 Å². The lowest BCUT2D eigenvalue weighted by Gasteiger charge is -2.14. The number of hydrogen-bond acceptors (Lipinski definition) is 5. The minimum Gasteiger partial charge on any atom is -0.490 e. The molecule has 0 bridgehead atoms. The molecule has 0 saturated heterocycles. The van der Waals surface area contributed by atoms with E-state index in [9.17, 15) is 4.79 Å². The summed E-state index contributed by atoms with van der Waals surface area (Å²) in [5.74, 6) is 1.34. The van der Waals surface area contributed by atoms with Crippen LogP contribution >= 0.6 is 11.3 Å². The predicted octanol–water partition coefficient (Wildman–Crippen LogP) is 4.35. The number of amides is 2. The topological polar surface area (TPSA) is 72.5 Å². The van der Waals surface area contributed by atoms with Crippen molar-refractivity contribution in [2.45, 2.75) is 40.2 Å². The largest absolute Gasteiger partial charge is 0.490 e. The summed E-state index contributed by atoms with van der Waals surface area (Å²) in [6.45, 7) is 7.66. The molecule has 0 fully saturated rings. The van der Waals surface area contributed by atoms with Gasteiger partial charge in [-0.1, -0.05) is 13.8 Å². The molecule has 25 heavy (non-hydrogen) atoms. The highest BCUT2D eigenvalue weighted by molar-refractivity contribution is 7.09. The smallest absolute Gasteiger partial charge is 0.319 e. The van der Waals surface area contributed by atoms with Gasteiger partial charge in [-0.15, -0.1) is 11.3 Å². The number of ether oxygens (including phenoxy) is 2. The van der Waals surface area contributed by atoms with Crippen LogP contribution in [0.2, 0.25) is 0 Å². The summed E-state index contributed by atoms with van der Waals surface area (Å²) in [6.07, 6.45) is 1.82. The van der Waals surface area contributed by atoms with Crippen molar-refractivity contribution in [3.63, 3.8) is 0 Å². The van der Waals surface area contributed by atoms with E-state index in [2.05, 4.69) is 22.5 Å². The Balaban J connectivity index is 1.96. The van der Waals surface area contributed by atoms with Crippen LogP contribution in [0, 0.1) is 6.92 Å². The Morgan fingerprint density at radius 1 is 1.16 bits per heavy atom. The first kappa shape index (κ1) is 19.1. The number of nitrogens with one attached hydrogen (secondary N) is 2. The highest BCUT2D eigenvalue weighted by atomic mass is 32.1. The zero-order valence-electron chi connectivity index (χ0n) is 14.9. The molecule has 0 radical (unpaired) electrons. The second kappa shape index (κ2) is 9.88. The van der Waals surface area contributed by atoms with E-state index in [1.807, 2.05) is 25.3 Å². The van der Waals surface area contributed by atoms with Gasteiger partial charge in [0.15, 0.2) is 11.5 Å². The van der Waals surface area contributed by atoms with Crippen molar-refractivity contribution in [2.24, 2.45) is 0 Å². The van der Waals surface area contributed by atoms with Crippen molar-refractivity contribution in [3.05, 3.63) is 34.3 Å². The zero-order valence-corrected chi connectivity index (χ0v) is 15.7. The van der Waals surface area contributed by atoms with E-state index in [4.69, 9.17) is 9.47 Å². The van der Waals surface area contributed by atoms with Gasteiger partial charge in [-0.25, -0.2) is 9.78 Å². The van der Waals surface area contributed by atoms with Gasteiger partial charge in [0.2, 0.25) is 0 Å². The van der Waals surface area contributed by atoms with Gasteiger partial charge in [-0.05, 0) is 31.9 Å². The highest BCUT2D eigenvalue weighted by Crippen LogP contribution is 2.31. The summed E-state index contributed by atoms with van der Waals surface area (Å²) in [5.41, 5.74) is 1.62. The zero-order chi connectivity index (χ0) is 18.1. The van der Waals surface area contributed by atoms with E-state index in [1.54, 1.807) is 12.1 Å². The molecule has 136 valence electrons. The SMILES string of the molecule is CCCOc1ccc(NC(=O)NCc2nc(C)cs2)cc1OCCC. The number of anilines is 1. The molecule has 2 N–H and O–H groups in total. The summed E-state index contributed by atoms with van der Waals surface area (Å²) < 4.78 is 11.4. The lowest BCUT2D eigenvalue weighted by atomic mass is 10.2. The maximum absolute atomic E-state index is 12.1. The molecule has 0 aliphatic carbocycles. The molecule has 6 nitrogen and oxygen atoms in total. The Labute approximate surface area is 152 Å². The molecule has 0 spiro atoms. The number of urea groups is 1. The van der Waals surface area contributed by atoms with Gasteiger partial charge < -0.3 is 20.1 Å². The Kier molecular flexibility index (Phi) is 7.53. The molecule has 0 aliphatic heterocycles. The molecule has 0 unspecified atom stereocenters. The van der Waals surface area contributed by atoms with Crippen molar-refractivity contribution in [1.82, 2.24) is 10.3 Å². The average molecular weight is 363 g/mol. The minimum absolute atomic E-state index is 0.281. The number of aromatic nitrogens is 1. The summed E-state index contributed by atoms with van der Waals surface area (Å²) in [4.78, 5) is 16.4. The first-order valence-electron chi connectivity index (χ1n) is 8.47. The number of thiazole rings is 1. The Hall–Kier alpha value is -2.28. The van der Waals surface area contributed by atoms with Crippen LogP contribution in [0.25, 0.3) is 0 Å². The fourth-order valence-corrected chi connectivity index (χ4v) is 2.77. The molecule has 7 heteroatoms. The molecule has 2 rings (SSSR count). The van der Waals surface area contributed by atoms with E-state index in [0.717, 1.165) is 23.5 Å². The lowest BCUT2D eigenvalue weighted by Crippen LogP contribution is -2.28. The first-order chi connectivity index (χ1) is 12.1. The minimum atomic E-state index is -0.281. The number of hydrogen-bond donors (Lipinski definition) is 2. The average Bonchev–Trinajstić information content (AvgIpc) is 3.02. The lowest BCUT2D eigenvalue weighted by molar-refractivity contribution is 0.251. The van der Waals surface area contributed by atoms with E-state index >= 15 is 0 Å². The van der Waals surface area contributed by atoms with Crippen molar-refractivity contribution >= 4 is 23.1 Å². The molecule has 0 saturated carbocycles. The van der Waals surface area contributed by atoms with Gasteiger partial charge in [-0.3, -0.25) is 0 Å². The van der Waals surface area contributed by atoms with E-state index in [0.29, 0.717) is 36.9 Å². The fourth-order valence-electron chi connectivity index (χ4n) is 2.06. The van der Waals surface area contributed by atoms with Crippen LogP contribution in [0.4, 0.5) is 10.5 Å². The summed E-state index contributed by atoms with van der Waals surface area (Å²) >= 11 is 1.53. The van der Waals surface area contributed by atoms with Crippen LogP contribution in [0.5, 0.6) is 11.5 Å². The summed E-state index contributed by atoms with van der Waals surface area (Å²) in [5, 5.41) is 8.45. The second-order valence-electron chi connectivity index (χ2n) is 5.55. The quantitative estimate of drug-likeness (QED) is 0.695. The number of carbonyl (C=O) groups excluding carboxylic acids is 1. The van der Waals surface area contributed by atoms with E-state index < -0.39 is 0 Å². The molecule has 0 aliphatic rings. The fraction of sp³-hybridized carbons (Fsp3) is 0.444. The maximum Gasteiger partial charge on any atom is 0.319 e. The van der Waals surface area contributed by atoms with Crippen molar-refractivity contribution in [3.8, 4) is 11.5 Å². The van der Waals surface area contributed by atoms with Crippen LogP contribution in [0.3, 0.4) is 0 Å². The molecule has 2 amide bonds. The number of rotatable bonds is 9. The highest BCUT2D eigenvalue weighted by Gasteiger charge is 2.09. The Bertz CT molecular complexity index is 688. The van der Waals surface area contributed by atoms with Gasteiger partial charge >= 0.3 is 6.03 Å². The number of benzene rings is 1. The number of nitrogens with zero attached hydrogens (tertiary/aromatic N) is 1. The van der Waals surface area contributed by atoms with Gasteiger partial charge in [-0.2, -0.15) is 0 Å². The Morgan fingerprint density at radius 2 is 1.88 bits per heavy atom. The third-order valence-electron chi connectivity index (χ3n) is 3.19. The van der Waals surface area contributed by atoms with E-state index in [1.165, 1.54) is 11.3 Å². The van der Waals surface area contributed by atoms with Crippen LogP contribution in [0.15, 0.2) is 23.6 Å². The Morgan fingerprint density at radius 3 is 2.52 bits per heavy atom. The maximum atomic E-state index is 12.1. The molecule has 1 aromatic carbocycles. The second-order valence-corrected chi connectivity index (χ2v) is 6.49. The third kappa shape index (κ3) is 6.26. The van der Waals surface area contributed by atoms with Crippen LogP contribution in [-0.4, -0.2) is 24.2 Å². The standard InChI is InChI=1S/C18H25N3O3S/c1-4-8-23-15-7-6-14(10-16(15)24-9-5-2)21-18(22)19-11-17-20-13(3)12-25-17/h6-7,10,12H,4-5,8-9,11H2,1-3H3,(H2,19,21,22). The molecule has 0 atom stereocenters. The molecular formula is C18H25N3O3S. The van der Waals surface area contributed by atoms with Gasteiger partial charge in [0, 0.05) is 22.8 Å². The third-order valence-corrected chi connectivity index (χ3v) is 4.16. The van der Waals surface area contributed by atoms with Gasteiger partial charge in [0.25, 0.3) is 0 Å².